The van der Waals surface area contributed by atoms with E-state index >= 15 is 0 Å². The number of H-pyrrole nitrogens is 1. The molecule has 2 aromatic rings. The van der Waals surface area contributed by atoms with E-state index < -0.39 is 5.92 Å². The van der Waals surface area contributed by atoms with Gasteiger partial charge >= 0.3 is 0 Å². The molecule has 0 fully saturated rings. The fourth-order valence-electron chi connectivity index (χ4n) is 3.25. The van der Waals surface area contributed by atoms with Gasteiger partial charge in [-0.3, -0.25) is 9.59 Å². The fraction of sp³-hybridized carbons (Fsp3) is 0.286. The van der Waals surface area contributed by atoms with Crippen LogP contribution < -0.4 is 10.9 Å². The standard InChI is InChI=1S/C21H23N3O2S/c1-5-11-27-21-23-19-17(20(26)24-21)16(14-9-7-6-8-10-14)15(13(4)22-19)18(25)12(2)3/h5-10,12,16H,1,11H2,2-4H3,(H2,22,23,24,26). The molecule has 1 aromatic carbocycles. The van der Waals surface area contributed by atoms with Crippen molar-refractivity contribution >= 4 is 23.4 Å². The molecule has 140 valence electrons. The Morgan fingerprint density at radius 2 is 2.04 bits per heavy atom. The number of ketones is 1. The first-order valence-corrected chi connectivity index (χ1v) is 9.87. The molecule has 27 heavy (non-hydrogen) atoms. The molecule has 0 spiro atoms. The maximum Gasteiger partial charge on any atom is 0.257 e. The molecule has 5 nitrogen and oxygen atoms in total. The van der Waals surface area contributed by atoms with E-state index in [1.807, 2.05) is 51.1 Å². The van der Waals surface area contributed by atoms with Gasteiger partial charge in [0.25, 0.3) is 5.56 Å². The maximum atomic E-state index is 13.0. The van der Waals surface area contributed by atoms with Crippen molar-refractivity contribution in [1.82, 2.24) is 9.97 Å². The van der Waals surface area contributed by atoms with E-state index in [1.54, 1.807) is 6.08 Å². The first kappa shape index (κ1) is 19.2. The Bertz CT molecular complexity index is 961. The van der Waals surface area contributed by atoms with Gasteiger partial charge in [-0.15, -0.1) is 6.58 Å². The number of benzene rings is 1. The number of anilines is 1. The van der Waals surface area contributed by atoms with E-state index in [0.29, 0.717) is 27.9 Å². The molecule has 0 saturated heterocycles. The number of hydrogen-bond acceptors (Lipinski definition) is 5. The minimum Gasteiger partial charge on any atom is -0.343 e. The Balaban J connectivity index is 2.21. The predicted octanol–water partition coefficient (Wildman–Crippen LogP) is 4.10. The zero-order valence-electron chi connectivity index (χ0n) is 15.7. The third-order valence-electron chi connectivity index (χ3n) is 4.48. The van der Waals surface area contributed by atoms with Crippen molar-refractivity contribution in [2.45, 2.75) is 31.8 Å². The van der Waals surface area contributed by atoms with Gasteiger partial charge in [0.1, 0.15) is 5.82 Å². The number of Topliss-reactive ketones (excluding diaryl/α,β-unsaturated/α-hetero) is 1. The highest BCUT2D eigenvalue weighted by Crippen LogP contribution is 2.40. The van der Waals surface area contributed by atoms with Crippen molar-refractivity contribution in [3.05, 3.63) is 75.7 Å². The molecule has 1 aromatic heterocycles. The molecule has 0 radical (unpaired) electrons. The predicted molar refractivity (Wildman–Crippen MR) is 110 cm³/mol. The first-order valence-electron chi connectivity index (χ1n) is 8.88. The number of carbonyl (C=O) groups is 1. The van der Waals surface area contributed by atoms with Crippen molar-refractivity contribution < 1.29 is 4.79 Å². The van der Waals surface area contributed by atoms with Crippen LogP contribution >= 0.6 is 11.8 Å². The second-order valence-corrected chi connectivity index (χ2v) is 7.77. The highest BCUT2D eigenvalue weighted by Gasteiger charge is 2.35. The van der Waals surface area contributed by atoms with Crippen molar-refractivity contribution in [3.8, 4) is 0 Å². The lowest BCUT2D eigenvalue weighted by atomic mass is 9.78. The van der Waals surface area contributed by atoms with Crippen LogP contribution in [0.1, 0.15) is 37.8 Å². The third kappa shape index (κ3) is 3.76. The van der Waals surface area contributed by atoms with Crippen LogP contribution in [0, 0.1) is 5.92 Å². The molecule has 0 saturated carbocycles. The minimum absolute atomic E-state index is 0.0315. The molecule has 1 unspecified atom stereocenters. The molecule has 0 amide bonds. The number of aromatic amines is 1. The summed E-state index contributed by atoms with van der Waals surface area (Å²) >= 11 is 1.41. The van der Waals surface area contributed by atoms with Crippen LogP contribution in [0.5, 0.6) is 0 Å². The Kier molecular flexibility index (Phi) is 5.65. The highest BCUT2D eigenvalue weighted by atomic mass is 32.2. The van der Waals surface area contributed by atoms with Crippen LogP contribution in [-0.2, 0) is 4.79 Å². The Morgan fingerprint density at radius 1 is 1.33 bits per heavy atom. The summed E-state index contributed by atoms with van der Waals surface area (Å²) in [5, 5.41) is 3.72. The fourth-order valence-corrected chi connectivity index (χ4v) is 3.85. The zero-order valence-corrected chi connectivity index (χ0v) is 16.5. The van der Waals surface area contributed by atoms with E-state index in [2.05, 4.69) is 21.9 Å². The van der Waals surface area contributed by atoms with Crippen molar-refractivity contribution in [3.63, 3.8) is 0 Å². The summed E-state index contributed by atoms with van der Waals surface area (Å²) in [5.41, 5.74) is 2.53. The van der Waals surface area contributed by atoms with Crippen LogP contribution in [0.15, 0.2) is 64.2 Å². The zero-order chi connectivity index (χ0) is 19.6. The first-order chi connectivity index (χ1) is 12.9. The van der Waals surface area contributed by atoms with Crippen molar-refractivity contribution in [2.24, 2.45) is 5.92 Å². The van der Waals surface area contributed by atoms with Crippen molar-refractivity contribution in [2.75, 3.05) is 11.1 Å². The number of nitrogens with one attached hydrogen (secondary N) is 2. The molecular formula is C21H23N3O2S. The number of carbonyl (C=O) groups excluding carboxylic acids is 1. The normalized spacial score (nSPS) is 16.1. The summed E-state index contributed by atoms with van der Waals surface area (Å²) in [6, 6.07) is 9.64. The summed E-state index contributed by atoms with van der Waals surface area (Å²) in [6.45, 7) is 9.31. The molecule has 3 rings (SSSR count). The molecular weight excluding hydrogens is 358 g/mol. The molecule has 1 aliphatic rings. The molecule has 6 heteroatoms. The Labute approximate surface area is 163 Å². The van der Waals surface area contributed by atoms with Gasteiger partial charge in [0, 0.05) is 28.9 Å². The SMILES string of the molecule is C=CCSc1nc2c(c(=O)[nH]1)C(c1ccccc1)C(C(=O)C(C)C)=C(C)N2. The summed E-state index contributed by atoms with van der Waals surface area (Å²) < 4.78 is 0. The quantitative estimate of drug-likeness (QED) is 0.448. The van der Waals surface area contributed by atoms with Crippen LogP contribution in [0.3, 0.4) is 0 Å². The summed E-state index contributed by atoms with van der Waals surface area (Å²) in [6.07, 6.45) is 1.76. The second kappa shape index (κ2) is 7.96. The highest BCUT2D eigenvalue weighted by molar-refractivity contribution is 7.99. The smallest absolute Gasteiger partial charge is 0.257 e. The van der Waals surface area contributed by atoms with E-state index in [1.165, 1.54) is 11.8 Å². The van der Waals surface area contributed by atoms with Gasteiger partial charge < -0.3 is 10.3 Å². The third-order valence-corrected chi connectivity index (χ3v) is 5.35. The van der Waals surface area contributed by atoms with Gasteiger partial charge in [-0.2, -0.15) is 0 Å². The number of thioether (sulfide) groups is 1. The second-order valence-electron chi connectivity index (χ2n) is 6.76. The number of rotatable bonds is 6. The summed E-state index contributed by atoms with van der Waals surface area (Å²) in [7, 11) is 0. The van der Waals surface area contributed by atoms with E-state index in [-0.39, 0.29) is 17.3 Å². The Morgan fingerprint density at radius 3 is 2.67 bits per heavy atom. The van der Waals surface area contributed by atoms with Crippen LogP contribution in [0.4, 0.5) is 5.82 Å². The van der Waals surface area contributed by atoms with Gasteiger partial charge in [0.2, 0.25) is 0 Å². The average molecular weight is 382 g/mol. The maximum absolute atomic E-state index is 13.0. The van der Waals surface area contributed by atoms with Gasteiger partial charge in [-0.1, -0.05) is 62.0 Å². The molecule has 0 aliphatic carbocycles. The number of hydrogen-bond donors (Lipinski definition) is 2. The lowest BCUT2D eigenvalue weighted by Crippen LogP contribution is -2.31. The van der Waals surface area contributed by atoms with E-state index in [4.69, 9.17) is 0 Å². The average Bonchev–Trinajstić information content (AvgIpc) is 2.65. The lowest BCUT2D eigenvalue weighted by Gasteiger charge is -2.30. The van der Waals surface area contributed by atoms with Crippen LogP contribution in [0.25, 0.3) is 0 Å². The van der Waals surface area contributed by atoms with Gasteiger partial charge in [-0.25, -0.2) is 4.98 Å². The minimum atomic E-state index is -0.438. The number of nitrogens with zero attached hydrogens (tertiary/aromatic N) is 1. The molecule has 2 N–H and O–H groups in total. The van der Waals surface area contributed by atoms with Crippen LogP contribution in [-0.4, -0.2) is 21.5 Å². The van der Waals surface area contributed by atoms with Gasteiger partial charge in [-0.05, 0) is 12.5 Å². The number of allylic oxidation sites excluding steroid dienone is 2. The molecule has 1 atom stereocenters. The molecule has 1 aliphatic heterocycles. The van der Waals surface area contributed by atoms with E-state index in [0.717, 1.165) is 11.3 Å². The molecule has 2 heterocycles. The molecule has 0 bridgehead atoms. The van der Waals surface area contributed by atoms with E-state index in [9.17, 15) is 9.59 Å². The van der Waals surface area contributed by atoms with Gasteiger partial charge in [0.05, 0.1) is 5.56 Å². The largest absolute Gasteiger partial charge is 0.343 e. The number of aromatic nitrogens is 2. The summed E-state index contributed by atoms with van der Waals surface area (Å²) in [5.74, 6) is 0.586. The summed E-state index contributed by atoms with van der Waals surface area (Å²) in [4.78, 5) is 33.4. The Hall–Kier alpha value is -2.60. The lowest BCUT2D eigenvalue weighted by molar-refractivity contribution is -0.118. The topological polar surface area (TPSA) is 74.8 Å². The van der Waals surface area contributed by atoms with Crippen molar-refractivity contribution in [1.29, 1.82) is 0 Å². The van der Waals surface area contributed by atoms with Crippen LogP contribution in [0.2, 0.25) is 0 Å². The monoisotopic (exact) mass is 381 g/mol. The van der Waals surface area contributed by atoms with Gasteiger partial charge in [0.15, 0.2) is 10.9 Å². The number of fused-ring (bicyclic) bond motifs is 1.